The van der Waals surface area contributed by atoms with Crippen molar-refractivity contribution in [2.24, 2.45) is 0 Å². The maximum absolute atomic E-state index is 4.26. The number of hydrogen-bond donors (Lipinski definition) is 0. The molecule has 2 aromatic heterocycles. The van der Waals surface area contributed by atoms with E-state index < -0.39 is 0 Å². The van der Waals surface area contributed by atoms with Gasteiger partial charge in [0.15, 0.2) is 0 Å². The van der Waals surface area contributed by atoms with Crippen molar-refractivity contribution in [3.63, 3.8) is 0 Å². The Kier molecular flexibility index (Phi) is 4.40. The zero-order valence-corrected chi connectivity index (χ0v) is 12.4. The Hall–Kier alpha value is -1.72. The summed E-state index contributed by atoms with van der Waals surface area (Å²) >= 11 is 3.50. The number of aromatic nitrogens is 3. The molecule has 0 bridgehead atoms. The molecule has 3 rings (SSSR count). The summed E-state index contributed by atoms with van der Waals surface area (Å²) in [6.45, 7) is 0. The van der Waals surface area contributed by atoms with Crippen molar-refractivity contribution < 1.29 is 0 Å². The molecule has 20 heavy (non-hydrogen) atoms. The molecule has 0 saturated carbocycles. The highest BCUT2D eigenvalue weighted by Gasteiger charge is 2.06. The Morgan fingerprint density at radius 1 is 0.950 bits per heavy atom. The lowest BCUT2D eigenvalue weighted by Gasteiger charge is -1.98. The maximum atomic E-state index is 4.26. The van der Waals surface area contributed by atoms with Gasteiger partial charge in [0.1, 0.15) is 10.0 Å². The van der Waals surface area contributed by atoms with Crippen LogP contribution < -0.4 is 0 Å². The molecule has 5 heteroatoms. The minimum absolute atomic E-state index is 0.888. The second-order valence-corrected chi connectivity index (χ2v) is 6.27. The molecular weight excluding hydrogens is 286 g/mol. The maximum Gasteiger partial charge on any atom is 0.147 e. The summed E-state index contributed by atoms with van der Waals surface area (Å²) in [6, 6.07) is 14.2. The smallest absolute Gasteiger partial charge is 0.147 e. The van der Waals surface area contributed by atoms with E-state index in [1.165, 1.54) is 5.56 Å². The van der Waals surface area contributed by atoms with E-state index >= 15 is 0 Å². The summed E-state index contributed by atoms with van der Waals surface area (Å²) < 4.78 is 0. The van der Waals surface area contributed by atoms with Crippen molar-refractivity contribution in [2.75, 3.05) is 0 Å². The topological polar surface area (TPSA) is 38.7 Å². The van der Waals surface area contributed by atoms with Crippen LogP contribution in [0.3, 0.4) is 0 Å². The molecule has 0 saturated heterocycles. The third kappa shape index (κ3) is 3.43. The molecule has 0 N–H and O–H groups in total. The van der Waals surface area contributed by atoms with Gasteiger partial charge in [0.05, 0.1) is 0 Å². The highest BCUT2D eigenvalue weighted by molar-refractivity contribution is 7.97. The van der Waals surface area contributed by atoms with E-state index in [0.717, 1.165) is 27.1 Å². The van der Waals surface area contributed by atoms with Gasteiger partial charge in [-0.2, -0.15) is 0 Å². The molecule has 0 spiro atoms. The summed E-state index contributed by atoms with van der Waals surface area (Å²) in [6.07, 6.45) is 3.70. The van der Waals surface area contributed by atoms with Crippen molar-refractivity contribution in [2.45, 2.75) is 11.5 Å². The average molecular weight is 299 g/mol. The first-order valence-corrected chi connectivity index (χ1v) is 8.23. The van der Waals surface area contributed by atoms with Crippen molar-refractivity contribution in [1.29, 1.82) is 0 Å². The quantitative estimate of drug-likeness (QED) is 0.713. The minimum atomic E-state index is 0.888. The fourth-order valence-electron chi connectivity index (χ4n) is 1.75. The Labute approximate surface area is 126 Å². The van der Waals surface area contributed by atoms with E-state index in [-0.39, 0.29) is 0 Å². The standard InChI is InChI=1S/C15H13N3S2/c1-2-6-13(7-3-1)15-18-17-14(20-15)11-19-10-12-5-4-8-16-9-12/h1-9H,10-11H2. The molecular formula is C15H13N3S2. The molecule has 3 aromatic rings. The largest absolute Gasteiger partial charge is 0.264 e. The lowest BCUT2D eigenvalue weighted by atomic mass is 10.2. The van der Waals surface area contributed by atoms with E-state index in [4.69, 9.17) is 0 Å². The van der Waals surface area contributed by atoms with E-state index in [9.17, 15) is 0 Å². The van der Waals surface area contributed by atoms with Crippen LogP contribution in [0, 0.1) is 0 Å². The van der Waals surface area contributed by atoms with Crippen LogP contribution in [0.25, 0.3) is 10.6 Å². The molecule has 1 aromatic carbocycles. The summed E-state index contributed by atoms with van der Waals surface area (Å²) in [5.41, 5.74) is 2.37. The first-order valence-electron chi connectivity index (χ1n) is 6.26. The SMILES string of the molecule is c1ccc(-c2nnc(CSCc3cccnc3)s2)cc1. The number of pyridine rings is 1. The molecule has 0 aliphatic rings. The van der Waals surface area contributed by atoms with Gasteiger partial charge in [0.2, 0.25) is 0 Å². The lowest BCUT2D eigenvalue weighted by molar-refractivity contribution is 1.04. The lowest BCUT2D eigenvalue weighted by Crippen LogP contribution is -1.83. The zero-order valence-electron chi connectivity index (χ0n) is 10.8. The predicted octanol–water partition coefficient (Wildman–Crippen LogP) is 4.03. The van der Waals surface area contributed by atoms with Gasteiger partial charge >= 0.3 is 0 Å². The van der Waals surface area contributed by atoms with Gasteiger partial charge in [-0.15, -0.1) is 22.0 Å². The van der Waals surface area contributed by atoms with Gasteiger partial charge in [-0.3, -0.25) is 4.98 Å². The average Bonchev–Trinajstić information content (AvgIpc) is 2.98. The van der Waals surface area contributed by atoms with E-state index in [2.05, 4.69) is 33.4 Å². The first kappa shape index (κ1) is 13.3. The molecule has 0 radical (unpaired) electrons. The molecule has 100 valence electrons. The Bertz CT molecular complexity index is 653. The van der Waals surface area contributed by atoms with Crippen LogP contribution in [0.2, 0.25) is 0 Å². The van der Waals surface area contributed by atoms with Crippen molar-refractivity contribution in [3.05, 3.63) is 65.4 Å². The van der Waals surface area contributed by atoms with E-state index in [1.807, 2.05) is 42.2 Å². The van der Waals surface area contributed by atoms with Crippen LogP contribution in [0.5, 0.6) is 0 Å². The van der Waals surface area contributed by atoms with Gasteiger partial charge in [-0.1, -0.05) is 47.7 Å². The molecule has 0 aliphatic carbocycles. The van der Waals surface area contributed by atoms with Gasteiger partial charge in [-0.05, 0) is 11.6 Å². The second-order valence-electron chi connectivity index (χ2n) is 4.22. The summed E-state index contributed by atoms with van der Waals surface area (Å²) in [7, 11) is 0. The number of thioether (sulfide) groups is 1. The highest BCUT2D eigenvalue weighted by Crippen LogP contribution is 2.26. The number of nitrogens with zero attached hydrogens (tertiary/aromatic N) is 3. The molecule has 0 amide bonds. The third-order valence-corrected chi connectivity index (χ3v) is 4.87. The second kappa shape index (κ2) is 6.63. The van der Waals surface area contributed by atoms with Crippen LogP contribution in [-0.4, -0.2) is 15.2 Å². The van der Waals surface area contributed by atoms with Gasteiger partial charge in [0, 0.05) is 29.5 Å². The van der Waals surface area contributed by atoms with E-state index in [1.54, 1.807) is 17.5 Å². The van der Waals surface area contributed by atoms with Crippen molar-refractivity contribution in [3.8, 4) is 10.6 Å². The molecule has 2 heterocycles. The third-order valence-electron chi connectivity index (χ3n) is 2.70. The van der Waals surface area contributed by atoms with Gasteiger partial charge < -0.3 is 0 Å². The molecule has 0 fully saturated rings. The minimum Gasteiger partial charge on any atom is -0.264 e. The Balaban J connectivity index is 1.58. The molecule has 3 nitrogen and oxygen atoms in total. The normalized spacial score (nSPS) is 10.6. The molecule has 0 aliphatic heterocycles. The Morgan fingerprint density at radius 2 is 1.85 bits per heavy atom. The number of benzene rings is 1. The van der Waals surface area contributed by atoms with Crippen LogP contribution >= 0.6 is 23.1 Å². The van der Waals surface area contributed by atoms with Gasteiger partial charge in [0.25, 0.3) is 0 Å². The molecule has 0 atom stereocenters. The van der Waals surface area contributed by atoms with E-state index in [0.29, 0.717) is 0 Å². The monoisotopic (exact) mass is 299 g/mol. The van der Waals surface area contributed by atoms with Crippen LogP contribution in [0.4, 0.5) is 0 Å². The van der Waals surface area contributed by atoms with Crippen LogP contribution in [0.1, 0.15) is 10.6 Å². The zero-order chi connectivity index (χ0) is 13.6. The first-order chi connectivity index (χ1) is 9.92. The summed E-state index contributed by atoms with van der Waals surface area (Å²) in [4.78, 5) is 4.12. The van der Waals surface area contributed by atoms with Crippen LogP contribution in [-0.2, 0) is 11.5 Å². The van der Waals surface area contributed by atoms with Crippen LogP contribution in [0.15, 0.2) is 54.9 Å². The number of hydrogen-bond acceptors (Lipinski definition) is 5. The fourth-order valence-corrected chi connectivity index (χ4v) is 3.62. The fraction of sp³-hybridized carbons (Fsp3) is 0.133. The summed E-state index contributed by atoms with van der Waals surface area (Å²) in [5.74, 6) is 1.84. The van der Waals surface area contributed by atoms with Crippen molar-refractivity contribution in [1.82, 2.24) is 15.2 Å². The highest BCUT2D eigenvalue weighted by atomic mass is 32.2. The molecule has 0 unspecified atom stereocenters. The predicted molar refractivity (Wildman–Crippen MR) is 84.6 cm³/mol. The number of rotatable bonds is 5. The van der Waals surface area contributed by atoms with Gasteiger partial charge in [-0.25, -0.2) is 0 Å². The Morgan fingerprint density at radius 3 is 2.65 bits per heavy atom. The summed E-state index contributed by atoms with van der Waals surface area (Å²) in [5, 5.41) is 10.6. The van der Waals surface area contributed by atoms with Crippen molar-refractivity contribution >= 4 is 23.1 Å².